The van der Waals surface area contributed by atoms with E-state index in [-0.39, 0.29) is 5.78 Å². The summed E-state index contributed by atoms with van der Waals surface area (Å²) in [5.41, 5.74) is 1.02. The monoisotopic (exact) mass is 244 g/mol. The molecule has 0 radical (unpaired) electrons. The number of rotatable bonds is 6. The predicted molar refractivity (Wildman–Crippen MR) is 73.5 cm³/mol. The van der Waals surface area contributed by atoms with Crippen LogP contribution < -0.4 is 4.74 Å². The van der Waals surface area contributed by atoms with Crippen LogP contribution in [0.2, 0.25) is 0 Å². The minimum absolute atomic E-state index is 0.253. The Labute approximate surface area is 109 Å². The van der Waals surface area contributed by atoms with Gasteiger partial charge >= 0.3 is 0 Å². The summed E-state index contributed by atoms with van der Waals surface area (Å²) in [6.07, 6.45) is 5.68. The smallest absolute Gasteiger partial charge is 0.158 e. The second kappa shape index (κ2) is 5.85. The highest BCUT2D eigenvalue weighted by Gasteiger charge is 2.27. The van der Waals surface area contributed by atoms with Crippen LogP contribution in [0, 0.1) is 11.8 Å². The van der Waals surface area contributed by atoms with Crippen molar-refractivity contribution < 1.29 is 9.53 Å². The first-order valence-electron chi connectivity index (χ1n) is 6.60. The summed E-state index contributed by atoms with van der Waals surface area (Å²) in [6, 6.07) is 7.86. The van der Waals surface area contributed by atoms with E-state index in [2.05, 4.69) is 13.8 Å². The molecule has 1 saturated carbocycles. The summed E-state index contributed by atoms with van der Waals surface area (Å²) in [4.78, 5) is 11.6. The second-order valence-electron chi connectivity index (χ2n) is 5.29. The molecule has 2 nitrogen and oxygen atoms in total. The molecule has 2 heteroatoms. The fraction of sp³-hybridized carbons (Fsp3) is 0.438. The van der Waals surface area contributed by atoms with Crippen molar-refractivity contribution in [2.75, 3.05) is 6.61 Å². The molecule has 1 aromatic rings. The highest BCUT2D eigenvalue weighted by atomic mass is 16.5. The molecule has 0 amide bonds. The topological polar surface area (TPSA) is 26.3 Å². The van der Waals surface area contributed by atoms with E-state index in [0.29, 0.717) is 18.4 Å². The van der Waals surface area contributed by atoms with Crippen molar-refractivity contribution in [2.24, 2.45) is 11.8 Å². The van der Waals surface area contributed by atoms with Crippen LogP contribution in [-0.2, 0) is 4.79 Å². The third kappa shape index (κ3) is 4.02. The van der Waals surface area contributed by atoms with Gasteiger partial charge in [0, 0.05) is 5.92 Å². The van der Waals surface area contributed by atoms with Crippen molar-refractivity contribution in [1.29, 1.82) is 0 Å². The van der Waals surface area contributed by atoms with Crippen molar-refractivity contribution in [1.82, 2.24) is 0 Å². The molecule has 18 heavy (non-hydrogen) atoms. The zero-order valence-electron chi connectivity index (χ0n) is 11.1. The van der Waals surface area contributed by atoms with Gasteiger partial charge in [-0.2, -0.15) is 0 Å². The minimum Gasteiger partial charge on any atom is -0.493 e. The van der Waals surface area contributed by atoms with Crippen molar-refractivity contribution in [3.63, 3.8) is 0 Å². The number of carbonyl (C=O) groups is 1. The van der Waals surface area contributed by atoms with Crippen LogP contribution in [0.5, 0.6) is 5.75 Å². The van der Waals surface area contributed by atoms with Gasteiger partial charge in [-0.25, -0.2) is 0 Å². The summed E-state index contributed by atoms with van der Waals surface area (Å²) in [5, 5.41) is 0. The number of allylic oxidation sites excluding steroid dienone is 1. The Morgan fingerprint density at radius 3 is 2.89 bits per heavy atom. The van der Waals surface area contributed by atoms with Gasteiger partial charge < -0.3 is 4.74 Å². The molecule has 1 fully saturated rings. The van der Waals surface area contributed by atoms with E-state index in [9.17, 15) is 4.79 Å². The highest BCUT2D eigenvalue weighted by molar-refractivity contribution is 5.96. The Morgan fingerprint density at radius 2 is 2.22 bits per heavy atom. The number of hydrogen-bond donors (Lipinski definition) is 0. The third-order valence-corrected chi connectivity index (χ3v) is 2.86. The van der Waals surface area contributed by atoms with Gasteiger partial charge in [-0.15, -0.1) is 0 Å². The number of hydrogen-bond acceptors (Lipinski definition) is 2. The first kappa shape index (κ1) is 12.9. The summed E-state index contributed by atoms with van der Waals surface area (Å²) in [6.45, 7) is 4.96. The van der Waals surface area contributed by atoms with Crippen LogP contribution in [0.25, 0.3) is 6.08 Å². The molecular weight excluding hydrogens is 224 g/mol. The lowest BCUT2D eigenvalue weighted by molar-refractivity contribution is -0.115. The Balaban J connectivity index is 1.95. The van der Waals surface area contributed by atoms with Gasteiger partial charge in [0.15, 0.2) is 5.78 Å². The van der Waals surface area contributed by atoms with E-state index < -0.39 is 0 Å². The Bertz CT molecular complexity index is 442. The van der Waals surface area contributed by atoms with E-state index in [1.807, 2.05) is 30.3 Å². The van der Waals surface area contributed by atoms with Crippen molar-refractivity contribution in [3.05, 3.63) is 35.9 Å². The molecule has 0 aliphatic heterocycles. The number of ketones is 1. The van der Waals surface area contributed by atoms with E-state index in [0.717, 1.165) is 24.2 Å². The highest BCUT2D eigenvalue weighted by Crippen LogP contribution is 2.30. The normalized spacial score (nSPS) is 15.3. The second-order valence-corrected chi connectivity index (χ2v) is 5.29. The van der Waals surface area contributed by atoms with Gasteiger partial charge in [0.05, 0.1) is 6.61 Å². The largest absolute Gasteiger partial charge is 0.493 e. The van der Waals surface area contributed by atoms with Gasteiger partial charge in [0.25, 0.3) is 0 Å². The van der Waals surface area contributed by atoms with E-state index in [1.54, 1.807) is 6.08 Å². The molecule has 0 aromatic heterocycles. The van der Waals surface area contributed by atoms with Crippen LogP contribution in [0.15, 0.2) is 30.3 Å². The zero-order valence-corrected chi connectivity index (χ0v) is 11.1. The summed E-state index contributed by atoms with van der Waals surface area (Å²) >= 11 is 0. The van der Waals surface area contributed by atoms with Crippen molar-refractivity contribution in [2.45, 2.75) is 26.7 Å². The third-order valence-electron chi connectivity index (χ3n) is 2.86. The van der Waals surface area contributed by atoms with Crippen LogP contribution >= 0.6 is 0 Å². The lowest BCUT2D eigenvalue weighted by Gasteiger charge is -2.08. The summed E-state index contributed by atoms with van der Waals surface area (Å²) in [7, 11) is 0. The molecule has 1 aromatic carbocycles. The average molecular weight is 244 g/mol. The molecule has 0 spiro atoms. The quantitative estimate of drug-likeness (QED) is 0.713. The minimum atomic E-state index is 0.253. The molecule has 0 bridgehead atoms. The molecule has 1 aliphatic rings. The maximum Gasteiger partial charge on any atom is 0.158 e. The molecule has 0 N–H and O–H groups in total. The van der Waals surface area contributed by atoms with Gasteiger partial charge in [-0.3, -0.25) is 4.79 Å². The number of carbonyl (C=O) groups excluding carboxylic acids is 1. The first-order valence-corrected chi connectivity index (χ1v) is 6.60. The first-order chi connectivity index (χ1) is 8.65. The number of ether oxygens (including phenoxy) is 1. The molecule has 2 rings (SSSR count). The van der Waals surface area contributed by atoms with Gasteiger partial charge in [-0.05, 0) is 42.5 Å². The predicted octanol–water partition coefficient (Wildman–Crippen LogP) is 3.71. The maximum atomic E-state index is 11.6. The lowest BCUT2D eigenvalue weighted by Crippen LogP contribution is -2.04. The Morgan fingerprint density at radius 1 is 1.44 bits per heavy atom. The molecular formula is C16H20O2. The van der Waals surface area contributed by atoms with Crippen molar-refractivity contribution >= 4 is 11.9 Å². The van der Waals surface area contributed by atoms with Gasteiger partial charge in [-0.1, -0.05) is 32.1 Å². The standard InChI is InChI=1S/C16H20O2/c1-12(2)11-18-15-5-3-4-13(10-15)6-9-16(17)14-7-8-14/h3-6,9-10,12,14H,7-8,11H2,1-2H3/b9-6+. The van der Waals surface area contributed by atoms with Crippen LogP contribution in [0.3, 0.4) is 0 Å². The Kier molecular flexibility index (Phi) is 4.19. The van der Waals surface area contributed by atoms with Gasteiger partial charge in [0.2, 0.25) is 0 Å². The lowest BCUT2D eigenvalue weighted by atomic mass is 10.1. The fourth-order valence-electron chi connectivity index (χ4n) is 1.65. The molecule has 0 unspecified atom stereocenters. The van der Waals surface area contributed by atoms with Crippen LogP contribution in [-0.4, -0.2) is 12.4 Å². The maximum absolute atomic E-state index is 11.6. The van der Waals surface area contributed by atoms with E-state index >= 15 is 0 Å². The molecule has 0 saturated heterocycles. The van der Waals surface area contributed by atoms with Gasteiger partial charge in [0.1, 0.15) is 5.75 Å². The molecule has 1 aliphatic carbocycles. The van der Waals surface area contributed by atoms with Crippen LogP contribution in [0.1, 0.15) is 32.3 Å². The summed E-state index contributed by atoms with van der Waals surface area (Å²) in [5.74, 6) is 1.93. The van der Waals surface area contributed by atoms with E-state index in [1.165, 1.54) is 0 Å². The summed E-state index contributed by atoms with van der Waals surface area (Å²) < 4.78 is 5.66. The SMILES string of the molecule is CC(C)COc1cccc(/C=C/C(=O)C2CC2)c1. The number of benzene rings is 1. The Hall–Kier alpha value is -1.57. The van der Waals surface area contributed by atoms with Crippen molar-refractivity contribution in [3.8, 4) is 5.75 Å². The zero-order chi connectivity index (χ0) is 13.0. The van der Waals surface area contributed by atoms with Crippen LogP contribution in [0.4, 0.5) is 0 Å². The van der Waals surface area contributed by atoms with E-state index in [4.69, 9.17) is 4.74 Å². The fourth-order valence-corrected chi connectivity index (χ4v) is 1.65. The molecule has 0 atom stereocenters. The molecule has 96 valence electrons. The molecule has 0 heterocycles. The average Bonchev–Trinajstić information content (AvgIpc) is 3.18.